The number of hydrogen-bond acceptors (Lipinski definition) is 7. The highest BCUT2D eigenvalue weighted by molar-refractivity contribution is 5.68. The molecule has 33 heavy (non-hydrogen) atoms. The fourth-order valence-electron chi connectivity index (χ4n) is 5.21. The summed E-state index contributed by atoms with van der Waals surface area (Å²) in [6, 6.07) is 9.29. The van der Waals surface area contributed by atoms with Crippen LogP contribution in [0.2, 0.25) is 0 Å². The van der Waals surface area contributed by atoms with Crippen LogP contribution in [0.5, 0.6) is 0 Å². The molecule has 7 heteroatoms. The maximum absolute atomic E-state index is 6.02. The number of anilines is 2. The molecule has 0 aromatic carbocycles. The number of nitrogens with two attached hydrogens (primary N) is 1. The number of nitrogen functional groups attached to an aromatic ring is 1. The molecule has 0 spiro atoms. The normalized spacial score (nSPS) is 24.4. The van der Waals surface area contributed by atoms with Crippen LogP contribution in [0.1, 0.15) is 56.9 Å². The minimum absolute atomic E-state index is 0.383. The number of ether oxygens (including phenoxy) is 2. The number of nitrogens with zero attached hydrogens (tertiary/aromatic N) is 2. The second-order valence-corrected chi connectivity index (χ2v) is 9.64. The summed E-state index contributed by atoms with van der Waals surface area (Å²) in [5.74, 6) is 2.48. The number of hydrogen-bond donors (Lipinski definition) is 3. The molecule has 2 aromatic rings. The van der Waals surface area contributed by atoms with Crippen LogP contribution in [-0.4, -0.2) is 55.5 Å². The van der Waals surface area contributed by atoms with Crippen molar-refractivity contribution in [2.24, 2.45) is 5.92 Å². The molecule has 0 amide bonds. The zero-order chi connectivity index (χ0) is 23.0. The quantitative estimate of drug-likeness (QED) is 0.523. The Balaban J connectivity index is 1.48. The third kappa shape index (κ3) is 6.65. The van der Waals surface area contributed by atoms with E-state index in [-0.39, 0.29) is 0 Å². The van der Waals surface area contributed by atoms with Gasteiger partial charge < -0.3 is 25.8 Å². The van der Waals surface area contributed by atoms with Crippen molar-refractivity contribution in [1.29, 1.82) is 0 Å². The first-order chi connectivity index (χ1) is 16.1. The lowest BCUT2D eigenvalue weighted by Crippen LogP contribution is -2.40. The standard InChI is InChI=1S/C26H39N5O2/c1-18(16-32-2)30-22-7-5-20(6-8-22)23-9-10-25(29-15-19-4-3-13-33-17-19)31-26(23)21-11-12-28-24(27)14-21/h9-12,14,18-20,22,30H,3-8,13,15-17H2,1-2H3,(H2,27,28)(H,29,31)/t18-,19-,20?,22?/m1/s1. The van der Waals surface area contributed by atoms with Crippen molar-refractivity contribution in [1.82, 2.24) is 15.3 Å². The first-order valence-electron chi connectivity index (χ1n) is 12.4. The van der Waals surface area contributed by atoms with Crippen LogP contribution in [-0.2, 0) is 9.47 Å². The van der Waals surface area contributed by atoms with E-state index < -0.39 is 0 Å². The molecular weight excluding hydrogens is 414 g/mol. The average Bonchev–Trinajstić information content (AvgIpc) is 2.84. The summed E-state index contributed by atoms with van der Waals surface area (Å²) in [6.07, 6.45) is 8.75. The number of methoxy groups -OCH3 is 1. The Kier molecular flexibility index (Phi) is 8.53. The van der Waals surface area contributed by atoms with Crippen LogP contribution in [0.15, 0.2) is 30.5 Å². The van der Waals surface area contributed by atoms with Gasteiger partial charge in [0.15, 0.2) is 0 Å². The Hall–Kier alpha value is -2.22. The highest BCUT2D eigenvalue weighted by atomic mass is 16.5. The van der Waals surface area contributed by atoms with Crippen molar-refractivity contribution in [3.05, 3.63) is 36.0 Å². The van der Waals surface area contributed by atoms with Crippen LogP contribution < -0.4 is 16.4 Å². The third-order valence-corrected chi connectivity index (χ3v) is 6.91. The van der Waals surface area contributed by atoms with Gasteiger partial charge >= 0.3 is 0 Å². The van der Waals surface area contributed by atoms with Crippen molar-refractivity contribution in [3.8, 4) is 11.3 Å². The Morgan fingerprint density at radius 3 is 2.76 bits per heavy atom. The molecule has 0 radical (unpaired) electrons. The molecule has 1 aliphatic carbocycles. The van der Waals surface area contributed by atoms with Gasteiger partial charge in [-0.2, -0.15) is 0 Å². The Labute approximate surface area is 197 Å². The zero-order valence-electron chi connectivity index (χ0n) is 20.1. The van der Waals surface area contributed by atoms with Gasteiger partial charge in [0, 0.05) is 44.1 Å². The molecule has 2 aliphatic rings. The van der Waals surface area contributed by atoms with Crippen LogP contribution in [0.25, 0.3) is 11.3 Å². The molecule has 4 N–H and O–H groups in total. The summed E-state index contributed by atoms with van der Waals surface area (Å²) in [5, 5.41) is 7.27. The number of nitrogens with one attached hydrogen (secondary N) is 2. The lowest BCUT2D eigenvalue weighted by Gasteiger charge is -2.32. The smallest absolute Gasteiger partial charge is 0.126 e. The van der Waals surface area contributed by atoms with Crippen molar-refractivity contribution in [3.63, 3.8) is 0 Å². The van der Waals surface area contributed by atoms with E-state index in [2.05, 4.69) is 34.7 Å². The maximum atomic E-state index is 6.02. The fraction of sp³-hybridized carbons (Fsp3) is 0.615. The Morgan fingerprint density at radius 2 is 2.03 bits per heavy atom. The Morgan fingerprint density at radius 1 is 1.18 bits per heavy atom. The van der Waals surface area contributed by atoms with E-state index in [1.807, 2.05) is 12.1 Å². The predicted octanol–water partition coefficient (Wildman–Crippen LogP) is 4.22. The minimum Gasteiger partial charge on any atom is -0.384 e. The molecule has 1 aliphatic heterocycles. The van der Waals surface area contributed by atoms with Crippen molar-refractivity contribution in [2.45, 2.75) is 63.5 Å². The van der Waals surface area contributed by atoms with Crippen molar-refractivity contribution >= 4 is 11.6 Å². The molecule has 180 valence electrons. The highest BCUT2D eigenvalue weighted by Gasteiger charge is 2.26. The summed E-state index contributed by atoms with van der Waals surface area (Å²) in [4.78, 5) is 9.25. The van der Waals surface area contributed by atoms with E-state index >= 15 is 0 Å². The average molecular weight is 454 g/mol. The maximum Gasteiger partial charge on any atom is 0.126 e. The van der Waals surface area contributed by atoms with Gasteiger partial charge in [-0.1, -0.05) is 6.07 Å². The van der Waals surface area contributed by atoms with E-state index in [1.54, 1.807) is 13.3 Å². The predicted molar refractivity (Wildman–Crippen MR) is 133 cm³/mol. The summed E-state index contributed by atoms with van der Waals surface area (Å²) >= 11 is 0. The zero-order valence-corrected chi connectivity index (χ0v) is 20.1. The van der Waals surface area contributed by atoms with Gasteiger partial charge in [0.1, 0.15) is 11.6 Å². The van der Waals surface area contributed by atoms with E-state index in [9.17, 15) is 0 Å². The monoisotopic (exact) mass is 453 g/mol. The van der Waals surface area contributed by atoms with Crippen molar-refractivity contribution < 1.29 is 9.47 Å². The van der Waals surface area contributed by atoms with Crippen LogP contribution >= 0.6 is 0 Å². The Bertz CT molecular complexity index is 879. The second kappa shape index (κ2) is 11.8. The van der Waals surface area contributed by atoms with Gasteiger partial charge in [-0.15, -0.1) is 0 Å². The first-order valence-corrected chi connectivity index (χ1v) is 12.4. The van der Waals surface area contributed by atoms with E-state index in [0.29, 0.717) is 29.7 Å². The molecule has 3 heterocycles. The van der Waals surface area contributed by atoms with Crippen LogP contribution in [0.4, 0.5) is 11.6 Å². The number of rotatable bonds is 9. The highest BCUT2D eigenvalue weighted by Crippen LogP contribution is 2.38. The van der Waals surface area contributed by atoms with Gasteiger partial charge in [-0.25, -0.2) is 9.97 Å². The number of pyridine rings is 2. The molecular formula is C26H39N5O2. The first kappa shape index (κ1) is 23.9. The van der Waals surface area contributed by atoms with Crippen LogP contribution in [0.3, 0.4) is 0 Å². The van der Waals surface area contributed by atoms with E-state index in [0.717, 1.165) is 62.7 Å². The molecule has 2 aromatic heterocycles. The summed E-state index contributed by atoms with van der Waals surface area (Å²) in [6.45, 7) is 5.55. The van der Waals surface area contributed by atoms with E-state index in [1.165, 1.54) is 24.8 Å². The van der Waals surface area contributed by atoms with Crippen molar-refractivity contribution in [2.75, 3.05) is 44.5 Å². The molecule has 2 atom stereocenters. The topological polar surface area (TPSA) is 94.3 Å². The molecule has 0 bridgehead atoms. The van der Waals surface area contributed by atoms with Gasteiger partial charge in [0.2, 0.25) is 0 Å². The fourth-order valence-corrected chi connectivity index (χ4v) is 5.21. The van der Waals surface area contributed by atoms with Gasteiger partial charge in [0.05, 0.1) is 18.9 Å². The summed E-state index contributed by atoms with van der Waals surface area (Å²) in [7, 11) is 1.76. The third-order valence-electron chi connectivity index (χ3n) is 6.91. The van der Waals surface area contributed by atoms with Crippen LogP contribution in [0, 0.1) is 5.92 Å². The molecule has 0 unspecified atom stereocenters. The minimum atomic E-state index is 0.383. The van der Waals surface area contributed by atoms with Gasteiger partial charge in [0.25, 0.3) is 0 Å². The molecule has 4 rings (SSSR count). The lowest BCUT2D eigenvalue weighted by molar-refractivity contribution is 0.0595. The second-order valence-electron chi connectivity index (χ2n) is 9.64. The summed E-state index contributed by atoms with van der Waals surface area (Å²) in [5.41, 5.74) is 9.40. The van der Waals surface area contributed by atoms with Gasteiger partial charge in [-0.3, -0.25) is 0 Å². The molecule has 7 nitrogen and oxygen atoms in total. The lowest BCUT2D eigenvalue weighted by atomic mass is 9.80. The molecule has 2 fully saturated rings. The largest absolute Gasteiger partial charge is 0.384 e. The molecule has 1 saturated carbocycles. The molecule has 1 saturated heterocycles. The summed E-state index contributed by atoms with van der Waals surface area (Å²) < 4.78 is 10.9. The SMILES string of the molecule is COC[C@@H](C)NC1CCC(c2ccc(NC[C@H]3CCCOC3)nc2-c2ccnc(N)c2)CC1. The van der Waals surface area contributed by atoms with Gasteiger partial charge in [-0.05, 0) is 81.0 Å². The van der Waals surface area contributed by atoms with E-state index in [4.69, 9.17) is 20.2 Å². The number of aromatic nitrogens is 2.